The molecule has 0 aliphatic carbocycles. The molecule has 0 spiro atoms. The van der Waals surface area contributed by atoms with E-state index in [1.807, 2.05) is 52.0 Å². The molecule has 0 aliphatic heterocycles. The Morgan fingerprint density at radius 2 is 1.64 bits per heavy atom. The summed E-state index contributed by atoms with van der Waals surface area (Å²) in [6, 6.07) is 7.02. The number of hydrogen-bond donors (Lipinski definition) is 2. The zero-order chi connectivity index (χ0) is 24.8. The summed E-state index contributed by atoms with van der Waals surface area (Å²) in [6.45, 7) is 13.1. The molecule has 0 saturated heterocycles. The van der Waals surface area contributed by atoms with E-state index in [1.54, 1.807) is 27.0 Å². The normalized spacial score (nSPS) is 12.8. The van der Waals surface area contributed by atoms with E-state index in [0.717, 1.165) is 16.5 Å². The summed E-state index contributed by atoms with van der Waals surface area (Å²) < 4.78 is 12.3. The van der Waals surface area contributed by atoms with Crippen molar-refractivity contribution < 1.29 is 23.9 Å². The summed E-state index contributed by atoms with van der Waals surface area (Å²) in [5, 5.41) is 6.46. The molecule has 0 radical (unpaired) electrons. The number of carbonyl (C=O) groups excluding carboxylic acids is 3. The van der Waals surface area contributed by atoms with Crippen LogP contribution in [0.5, 0.6) is 0 Å². The van der Waals surface area contributed by atoms with E-state index < -0.39 is 29.4 Å². The average Bonchev–Trinajstić information content (AvgIpc) is 3.05. The van der Waals surface area contributed by atoms with E-state index in [-0.39, 0.29) is 5.91 Å². The third-order valence-electron chi connectivity index (χ3n) is 4.72. The highest BCUT2D eigenvalue weighted by atomic mass is 16.6. The third-order valence-corrected chi connectivity index (χ3v) is 4.72. The number of ether oxygens (including phenoxy) is 2. The van der Waals surface area contributed by atoms with Crippen molar-refractivity contribution in [2.75, 3.05) is 6.54 Å². The Morgan fingerprint density at radius 3 is 2.24 bits per heavy atom. The van der Waals surface area contributed by atoms with Crippen molar-refractivity contribution in [3.63, 3.8) is 0 Å². The highest BCUT2D eigenvalue weighted by molar-refractivity contribution is 5.92. The average molecular weight is 460 g/mol. The van der Waals surface area contributed by atoms with Crippen LogP contribution in [0.1, 0.15) is 66.9 Å². The number of para-hydroxylation sites is 1. The maximum Gasteiger partial charge on any atom is 0.419 e. The highest BCUT2D eigenvalue weighted by Gasteiger charge is 2.23. The maximum absolute atomic E-state index is 12.6. The van der Waals surface area contributed by atoms with E-state index in [0.29, 0.717) is 25.8 Å². The minimum absolute atomic E-state index is 0.250. The monoisotopic (exact) mass is 459 g/mol. The molecule has 0 bridgehead atoms. The molecule has 1 aromatic heterocycles. The lowest BCUT2D eigenvalue weighted by Gasteiger charge is -2.22. The Bertz CT molecular complexity index is 982. The Kier molecular flexibility index (Phi) is 8.52. The number of amides is 2. The molecule has 1 aromatic carbocycles. The Balaban J connectivity index is 1.96. The van der Waals surface area contributed by atoms with Gasteiger partial charge in [0.1, 0.15) is 17.2 Å². The summed E-state index contributed by atoms with van der Waals surface area (Å²) in [5.41, 5.74) is 0.580. The van der Waals surface area contributed by atoms with Crippen LogP contribution in [0.3, 0.4) is 0 Å². The molecule has 1 atom stereocenters. The van der Waals surface area contributed by atoms with Crippen LogP contribution in [0.4, 0.5) is 9.59 Å². The fraction of sp³-hybridized carbons (Fsp3) is 0.560. The molecule has 0 aliphatic rings. The number of nitrogens with one attached hydrogen (secondary N) is 2. The van der Waals surface area contributed by atoms with Gasteiger partial charge in [0.05, 0.1) is 5.52 Å². The van der Waals surface area contributed by atoms with Gasteiger partial charge >= 0.3 is 12.2 Å². The highest BCUT2D eigenvalue weighted by Crippen LogP contribution is 2.24. The van der Waals surface area contributed by atoms with E-state index in [2.05, 4.69) is 10.6 Å². The molecular formula is C25H37N3O5. The summed E-state index contributed by atoms with van der Waals surface area (Å²) in [6.07, 6.45) is 2.58. The SMILES string of the molecule is CC[C@H](NC(=O)OC(C)(C)C)C(=O)NCCCc1cn(C(=O)OC(C)(C)C)c2ccccc12. The zero-order valence-corrected chi connectivity index (χ0v) is 20.8. The number of aryl methyl sites for hydroxylation is 1. The number of rotatable bonds is 7. The predicted molar refractivity (Wildman–Crippen MR) is 128 cm³/mol. The second kappa shape index (κ2) is 10.7. The van der Waals surface area contributed by atoms with Crippen LogP contribution in [0, 0.1) is 0 Å². The maximum atomic E-state index is 12.6. The van der Waals surface area contributed by atoms with Gasteiger partial charge in [0.25, 0.3) is 0 Å². The van der Waals surface area contributed by atoms with Crippen molar-refractivity contribution >= 4 is 29.0 Å². The zero-order valence-electron chi connectivity index (χ0n) is 20.8. The summed E-state index contributed by atoms with van der Waals surface area (Å²) >= 11 is 0. The van der Waals surface area contributed by atoms with Crippen LogP contribution >= 0.6 is 0 Å². The van der Waals surface area contributed by atoms with Crippen molar-refractivity contribution in [2.45, 2.75) is 85.0 Å². The Morgan fingerprint density at radius 1 is 1.00 bits per heavy atom. The van der Waals surface area contributed by atoms with Gasteiger partial charge in [-0.05, 0) is 72.4 Å². The fourth-order valence-corrected chi connectivity index (χ4v) is 3.33. The molecular weight excluding hydrogens is 422 g/mol. The molecule has 1 heterocycles. The molecule has 182 valence electrons. The summed E-state index contributed by atoms with van der Waals surface area (Å²) in [4.78, 5) is 37.1. The number of nitrogens with zero attached hydrogens (tertiary/aromatic N) is 1. The molecule has 8 heteroatoms. The summed E-state index contributed by atoms with van der Waals surface area (Å²) in [5.74, 6) is -0.250. The molecule has 2 N–H and O–H groups in total. The van der Waals surface area contributed by atoms with Crippen LogP contribution in [-0.2, 0) is 20.7 Å². The minimum Gasteiger partial charge on any atom is -0.444 e. The lowest BCUT2D eigenvalue weighted by molar-refractivity contribution is -0.123. The molecule has 2 aromatic rings. The molecule has 0 saturated carbocycles. The van der Waals surface area contributed by atoms with Gasteiger partial charge in [-0.1, -0.05) is 25.1 Å². The van der Waals surface area contributed by atoms with E-state index in [4.69, 9.17) is 9.47 Å². The van der Waals surface area contributed by atoms with Gasteiger partial charge in [0.15, 0.2) is 0 Å². The van der Waals surface area contributed by atoms with Gasteiger partial charge < -0.3 is 20.1 Å². The lowest BCUT2D eigenvalue weighted by atomic mass is 10.1. The Hall–Kier alpha value is -3.03. The second-order valence-corrected chi connectivity index (χ2v) is 10.0. The lowest BCUT2D eigenvalue weighted by Crippen LogP contribution is -2.48. The van der Waals surface area contributed by atoms with Gasteiger partial charge in [0.2, 0.25) is 5.91 Å². The van der Waals surface area contributed by atoms with E-state index in [9.17, 15) is 14.4 Å². The first-order chi connectivity index (χ1) is 15.3. The van der Waals surface area contributed by atoms with Gasteiger partial charge in [-0.15, -0.1) is 0 Å². The topological polar surface area (TPSA) is 98.7 Å². The van der Waals surface area contributed by atoms with Gasteiger partial charge in [0, 0.05) is 18.1 Å². The molecule has 8 nitrogen and oxygen atoms in total. The molecule has 0 unspecified atom stereocenters. The first-order valence-electron chi connectivity index (χ1n) is 11.4. The van der Waals surface area contributed by atoms with Crippen molar-refractivity contribution in [2.24, 2.45) is 0 Å². The van der Waals surface area contributed by atoms with Gasteiger partial charge in [-0.25, -0.2) is 9.59 Å². The van der Waals surface area contributed by atoms with Gasteiger partial charge in [-0.3, -0.25) is 9.36 Å². The standard InChI is InChI=1S/C25H37N3O5/c1-8-19(27-22(30)32-24(2,3)4)21(29)26-15-11-12-17-16-28(23(31)33-25(5,6)7)20-14-10-9-13-18(17)20/h9-10,13-14,16,19H,8,11-12,15H2,1-7H3,(H,26,29)(H,27,30)/t19-/m0/s1. The second-order valence-electron chi connectivity index (χ2n) is 10.0. The van der Waals surface area contributed by atoms with E-state index >= 15 is 0 Å². The number of aromatic nitrogens is 1. The number of carbonyl (C=O) groups is 3. The van der Waals surface area contributed by atoms with Crippen molar-refractivity contribution in [1.29, 1.82) is 0 Å². The first-order valence-corrected chi connectivity index (χ1v) is 11.4. The molecule has 33 heavy (non-hydrogen) atoms. The largest absolute Gasteiger partial charge is 0.444 e. The van der Waals surface area contributed by atoms with Crippen LogP contribution < -0.4 is 10.6 Å². The van der Waals surface area contributed by atoms with Crippen molar-refractivity contribution in [1.82, 2.24) is 15.2 Å². The Labute approximate surface area is 196 Å². The van der Waals surface area contributed by atoms with Crippen LogP contribution in [-0.4, -0.2) is 46.4 Å². The minimum atomic E-state index is -0.658. The quantitative estimate of drug-likeness (QED) is 0.581. The number of fused-ring (bicyclic) bond motifs is 1. The predicted octanol–water partition coefficient (Wildman–Crippen LogP) is 4.78. The summed E-state index contributed by atoms with van der Waals surface area (Å²) in [7, 11) is 0. The van der Waals surface area contributed by atoms with Crippen molar-refractivity contribution in [3.05, 3.63) is 36.0 Å². The molecule has 0 fully saturated rings. The van der Waals surface area contributed by atoms with E-state index in [1.165, 1.54) is 4.57 Å². The smallest absolute Gasteiger partial charge is 0.419 e. The van der Waals surface area contributed by atoms with Crippen LogP contribution in [0.2, 0.25) is 0 Å². The third kappa shape index (κ3) is 8.11. The van der Waals surface area contributed by atoms with Crippen LogP contribution in [0.25, 0.3) is 10.9 Å². The van der Waals surface area contributed by atoms with Crippen molar-refractivity contribution in [3.8, 4) is 0 Å². The molecule has 2 amide bonds. The first kappa shape index (κ1) is 26.2. The van der Waals surface area contributed by atoms with Crippen LogP contribution in [0.15, 0.2) is 30.5 Å². The molecule has 2 rings (SSSR count). The fourth-order valence-electron chi connectivity index (χ4n) is 3.33. The number of alkyl carbamates (subject to hydrolysis) is 1. The number of hydrogen-bond acceptors (Lipinski definition) is 5. The number of benzene rings is 1. The van der Waals surface area contributed by atoms with Gasteiger partial charge in [-0.2, -0.15) is 0 Å².